The van der Waals surface area contributed by atoms with Gasteiger partial charge >= 0.3 is 6.18 Å². The fourth-order valence-corrected chi connectivity index (χ4v) is 3.96. The molecule has 3 heterocycles. The highest BCUT2D eigenvalue weighted by Gasteiger charge is 2.42. The average molecular weight is 458 g/mol. The molecule has 1 aromatic carbocycles. The standard InChI is InChI=1S/C19H19ClF3N5O3/c1-24-16-12(19(21,22)23)6-25-18(27-16)26-14-5-15(30-2)11(4-13(14)20)17(29)28-7-10-3-9(28)8-31-10/h4-6,9-10H,3,7-8H2,1-2H3,(H2,24,25,26,27)/t9-,10-/m0/s1. The number of carbonyl (C=O) groups excluding carboxylic acids is 1. The summed E-state index contributed by atoms with van der Waals surface area (Å²) in [5.74, 6) is -0.439. The van der Waals surface area contributed by atoms with E-state index < -0.39 is 11.7 Å². The molecule has 4 rings (SSSR count). The first-order chi connectivity index (χ1) is 14.7. The zero-order chi connectivity index (χ0) is 22.3. The lowest BCUT2D eigenvalue weighted by Gasteiger charge is -2.27. The molecule has 2 bridgehead atoms. The van der Waals surface area contributed by atoms with E-state index in [1.165, 1.54) is 26.3 Å². The van der Waals surface area contributed by atoms with Gasteiger partial charge < -0.3 is 25.0 Å². The molecule has 12 heteroatoms. The van der Waals surface area contributed by atoms with E-state index in [1.54, 1.807) is 4.90 Å². The highest BCUT2D eigenvalue weighted by Crippen LogP contribution is 2.37. The maximum absolute atomic E-state index is 13.0. The summed E-state index contributed by atoms with van der Waals surface area (Å²) in [7, 11) is 2.74. The molecule has 0 radical (unpaired) electrons. The minimum atomic E-state index is -4.60. The van der Waals surface area contributed by atoms with E-state index in [0.717, 1.165) is 6.42 Å². The molecule has 2 atom stereocenters. The van der Waals surface area contributed by atoms with Crippen molar-refractivity contribution in [3.8, 4) is 5.75 Å². The van der Waals surface area contributed by atoms with E-state index >= 15 is 0 Å². The molecule has 0 saturated carbocycles. The molecule has 2 saturated heterocycles. The second-order valence-corrected chi connectivity index (χ2v) is 7.57. The molecule has 2 N–H and O–H groups in total. The SMILES string of the molecule is CNc1nc(Nc2cc(OC)c(C(=O)N3C[C@@H]4C[C@H]3CO4)cc2Cl)ncc1C(F)(F)F. The Bertz CT molecular complexity index is 1020. The number of likely N-dealkylation sites (tertiary alicyclic amines) is 1. The Morgan fingerprint density at radius 2 is 2.16 bits per heavy atom. The topological polar surface area (TPSA) is 88.6 Å². The van der Waals surface area contributed by atoms with Gasteiger partial charge in [0.05, 0.1) is 42.1 Å². The monoisotopic (exact) mass is 457 g/mol. The second kappa shape index (κ2) is 8.04. The number of carbonyl (C=O) groups is 1. The fourth-order valence-electron chi connectivity index (χ4n) is 3.75. The Kier molecular flexibility index (Phi) is 5.56. The third-order valence-electron chi connectivity index (χ3n) is 5.26. The Labute approximate surface area is 180 Å². The number of halogens is 4. The predicted octanol–water partition coefficient (Wildman–Crippen LogP) is 3.56. The van der Waals surface area contributed by atoms with Crippen LogP contribution in [0, 0.1) is 0 Å². The van der Waals surface area contributed by atoms with Gasteiger partial charge in [-0.3, -0.25) is 4.79 Å². The van der Waals surface area contributed by atoms with E-state index in [4.69, 9.17) is 21.1 Å². The van der Waals surface area contributed by atoms with Crippen LogP contribution in [0.2, 0.25) is 5.02 Å². The lowest BCUT2D eigenvalue weighted by Crippen LogP contribution is -2.41. The largest absolute Gasteiger partial charge is 0.496 e. The number of methoxy groups -OCH3 is 1. The van der Waals surface area contributed by atoms with Crippen molar-refractivity contribution in [3.05, 3.63) is 34.5 Å². The van der Waals surface area contributed by atoms with Gasteiger partial charge in [-0.2, -0.15) is 18.2 Å². The lowest BCUT2D eigenvalue weighted by molar-refractivity contribution is -0.137. The third-order valence-corrected chi connectivity index (χ3v) is 5.57. The summed E-state index contributed by atoms with van der Waals surface area (Å²) in [6, 6.07) is 2.97. The lowest BCUT2D eigenvalue weighted by atomic mass is 10.1. The number of alkyl halides is 3. The van der Waals surface area contributed by atoms with Crippen LogP contribution in [0.25, 0.3) is 0 Å². The van der Waals surface area contributed by atoms with Gasteiger partial charge in [0.15, 0.2) is 0 Å². The summed E-state index contributed by atoms with van der Waals surface area (Å²) < 4.78 is 50.0. The predicted molar refractivity (Wildman–Crippen MR) is 107 cm³/mol. The summed E-state index contributed by atoms with van der Waals surface area (Å²) in [4.78, 5) is 22.3. The molecule has 2 aliphatic rings. The number of amides is 1. The first-order valence-electron chi connectivity index (χ1n) is 9.40. The summed E-state index contributed by atoms with van der Waals surface area (Å²) >= 11 is 6.35. The van der Waals surface area contributed by atoms with Gasteiger partial charge in [0, 0.05) is 25.9 Å². The van der Waals surface area contributed by atoms with Crippen LogP contribution < -0.4 is 15.4 Å². The molecule has 166 valence electrons. The van der Waals surface area contributed by atoms with Crippen molar-refractivity contribution in [2.45, 2.75) is 24.7 Å². The molecule has 2 fully saturated rings. The van der Waals surface area contributed by atoms with Crippen LogP contribution in [-0.2, 0) is 10.9 Å². The van der Waals surface area contributed by atoms with Crippen molar-refractivity contribution in [1.82, 2.24) is 14.9 Å². The first-order valence-corrected chi connectivity index (χ1v) is 9.78. The number of morpholine rings is 1. The van der Waals surface area contributed by atoms with E-state index in [0.29, 0.717) is 19.3 Å². The molecule has 0 spiro atoms. The molecule has 0 unspecified atom stereocenters. The number of rotatable bonds is 5. The summed E-state index contributed by atoms with van der Waals surface area (Å²) in [5, 5.41) is 5.35. The normalized spacial score (nSPS) is 20.1. The van der Waals surface area contributed by atoms with Crippen molar-refractivity contribution in [2.24, 2.45) is 0 Å². The molecule has 0 aliphatic carbocycles. The first kappa shape index (κ1) is 21.4. The van der Waals surface area contributed by atoms with Gasteiger partial charge in [-0.1, -0.05) is 11.6 Å². The smallest absolute Gasteiger partial charge is 0.421 e. The van der Waals surface area contributed by atoms with Crippen LogP contribution in [0.3, 0.4) is 0 Å². The Morgan fingerprint density at radius 1 is 1.39 bits per heavy atom. The number of hydrogen-bond donors (Lipinski definition) is 2. The van der Waals surface area contributed by atoms with Crippen LogP contribution in [0.1, 0.15) is 22.3 Å². The van der Waals surface area contributed by atoms with Gasteiger partial charge in [-0.25, -0.2) is 4.98 Å². The highest BCUT2D eigenvalue weighted by molar-refractivity contribution is 6.33. The van der Waals surface area contributed by atoms with E-state index in [2.05, 4.69) is 20.6 Å². The number of ether oxygens (including phenoxy) is 2. The number of anilines is 3. The number of nitrogens with one attached hydrogen (secondary N) is 2. The Morgan fingerprint density at radius 3 is 2.74 bits per heavy atom. The summed E-state index contributed by atoms with van der Waals surface area (Å²) in [6.07, 6.45) is -3.07. The Balaban J connectivity index is 1.61. The number of fused-ring (bicyclic) bond motifs is 2. The van der Waals surface area contributed by atoms with Crippen LogP contribution >= 0.6 is 11.6 Å². The second-order valence-electron chi connectivity index (χ2n) is 7.16. The minimum absolute atomic E-state index is 0.0271. The molecule has 8 nitrogen and oxygen atoms in total. The summed E-state index contributed by atoms with van der Waals surface area (Å²) in [6.45, 7) is 1.02. The van der Waals surface area contributed by atoms with Crippen molar-refractivity contribution in [2.75, 3.05) is 37.9 Å². The zero-order valence-corrected chi connectivity index (χ0v) is 17.3. The van der Waals surface area contributed by atoms with E-state index in [-0.39, 0.29) is 51.8 Å². The molecular formula is C19H19ClF3N5O3. The molecule has 2 aromatic rings. The molecule has 1 aromatic heterocycles. The average Bonchev–Trinajstić information content (AvgIpc) is 3.37. The fraction of sp³-hybridized carbons (Fsp3) is 0.421. The van der Waals surface area contributed by atoms with Gasteiger partial charge in [0.25, 0.3) is 5.91 Å². The van der Waals surface area contributed by atoms with Crippen molar-refractivity contribution < 1.29 is 27.4 Å². The zero-order valence-electron chi connectivity index (χ0n) is 16.6. The maximum atomic E-state index is 13.0. The number of aromatic nitrogens is 2. The van der Waals surface area contributed by atoms with Crippen LogP contribution in [0.4, 0.5) is 30.6 Å². The van der Waals surface area contributed by atoms with Crippen molar-refractivity contribution in [1.29, 1.82) is 0 Å². The van der Waals surface area contributed by atoms with Gasteiger partial charge in [0.1, 0.15) is 17.1 Å². The van der Waals surface area contributed by atoms with Crippen molar-refractivity contribution >= 4 is 35.0 Å². The van der Waals surface area contributed by atoms with Crippen LogP contribution in [0.5, 0.6) is 5.75 Å². The number of benzene rings is 1. The van der Waals surface area contributed by atoms with Crippen molar-refractivity contribution in [3.63, 3.8) is 0 Å². The molecular weight excluding hydrogens is 439 g/mol. The molecule has 1 amide bonds. The maximum Gasteiger partial charge on any atom is 0.421 e. The molecule has 2 aliphatic heterocycles. The van der Waals surface area contributed by atoms with Crippen LogP contribution in [-0.4, -0.2) is 60.2 Å². The third kappa shape index (κ3) is 4.07. The highest BCUT2D eigenvalue weighted by atomic mass is 35.5. The van der Waals surface area contributed by atoms with Gasteiger partial charge in [0.2, 0.25) is 5.95 Å². The van der Waals surface area contributed by atoms with Gasteiger partial charge in [-0.05, 0) is 12.5 Å². The number of nitrogens with zero attached hydrogens (tertiary/aromatic N) is 3. The van der Waals surface area contributed by atoms with Gasteiger partial charge in [-0.15, -0.1) is 0 Å². The quantitative estimate of drug-likeness (QED) is 0.709. The number of hydrogen-bond acceptors (Lipinski definition) is 7. The van der Waals surface area contributed by atoms with E-state index in [9.17, 15) is 18.0 Å². The molecule has 31 heavy (non-hydrogen) atoms. The Hall–Kier alpha value is -2.79. The summed E-state index contributed by atoms with van der Waals surface area (Å²) in [5.41, 5.74) is -0.424. The van der Waals surface area contributed by atoms with Crippen LogP contribution in [0.15, 0.2) is 18.3 Å². The minimum Gasteiger partial charge on any atom is -0.496 e. The van der Waals surface area contributed by atoms with E-state index in [1.807, 2.05) is 0 Å².